The van der Waals surface area contributed by atoms with Gasteiger partial charge in [0.1, 0.15) is 5.82 Å². The average Bonchev–Trinajstić information content (AvgIpc) is 2.46. The Labute approximate surface area is 110 Å². The van der Waals surface area contributed by atoms with Crippen molar-refractivity contribution in [3.8, 4) is 0 Å². The third-order valence-electron chi connectivity index (χ3n) is 3.25. The molecule has 0 aliphatic carbocycles. The number of carbonyl (C=O) groups is 1. The molecular weight excluding hydrogens is 254 g/mol. The number of nitrogens with zero attached hydrogens (tertiary/aromatic N) is 2. The van der Waals surface area contributed by atoms with Crippen molar-refractivity contribution < 1.29 is 18.7 Å². The van der Waals surface area contributed by atoms with Crippen LogP contribution in [0.15, 0.2) is 12.1 Å². The highest BCUT2D eigenvalue weighted by molar-refractivity contribution is 5.74. The van der Waals surface area contributed by atoms with E-state index < -0.39 is 17.6 Å². The lowest BCUT2D eigenvalue weighted by molar-refractivity contribution is -0.136. The van der Waals surface area contributed by atoms with Gasteiger partial charge in [-0.2, -0.15) is 0 Å². The molecule has 1 aliphatic heterocycles. The third-order valence-corrected chi connectivity index (χ3v) is 3.25. The van der Waals surface area contributed by atoms with E-state index in [1.165, 1.54) is 6.07 Å². The zero-order valence-corrected chi connectivity index (χ0v) is 10.7. The molecule has 0 fully saturated rings. The zero-order chi connectivity index (χ0) is 14.0. The van der Waals surface area contributed by atoms with Crippen molar-refractivity contribution in [2.45, 2.75) is 12.8 Å². The van der Waals surface area contributed by atoms with Crippen LogP contribution >= 0.6 is 0 Å². The summed E-state index contributed by atoms with van der Waals surface area (Å²) in [5.41, 5.74) is 0.767. The van der Waals surface area contributed by atoms with Crippen LogP contribution < -0.4 is 9.80 Å². The summed E-state index contributed by atoms with van der Waals surface area (Å²) in [6, 6.07) is 2.12. The Balaban J connectivity index is 2.38. The summed E-state index contributed by atoms with van der Waals surface area (Å²) < 4.78 is 27.3. The molecule has 0 spiro atoms. The van der Waals surface area contributed by atoms with Crippen LogP contribution in [0.1, 0.15) is 12.8 Å². The molecule has 6 heteroatoms. The fraction of sp³-hybridized carbons (Fsp3) is 0.462. The van der Waals surface area contributed by atoms with Crippen LogP contribution in [0.3, 0.4) is 0 Å². The SMILES string of the molecule is CN1CCCN(CCC(=O)O)c2cc(F)cc(F)c21. The van der Waals surface area contributed by atoms with Crippen molar-refractivity contribution in [1.29, 1.82) is 0 Å². The number of aliphatic carboxylic acids is 1. The second-order valence-electron chi connectivity index (χ2n) is 4.66. The molecule has 1 aliphatic rings. The van der Waals surface area contributed by atoms with Crippen molar-refractivity contribution in [3.05, 3.63) is 23.8 Å². The number of hydrogen-bond donors (Lipinski definition) is 1. The van der Waals surface area contributed by atoms with E-state index in [0.717, 1.165) is 12.5 Å². The molecule has 2 rings (SSSR count). The molecule has 0 bridgehead atoms. The standard InChI is InChI=1S/C13H16F2N2O2/c1-16-4-2-5-17(6-3-12(18)19)11-8-9(14)7-10(15)13(11)16/h7-8H,2-6H2,1H3,(H,18,19). The Morgan fingerprint density at radius 3 is 2.79 bits per heavy atom. The first-order chi connectivity index (χ1) is 8.99. The first-order valence-electron chi connectivity index (χ1n) is 6.16. The first kappa shape index (κ1) is 13.6. The molecule has 104 valence electrons. The lowest BCUT2D eigenvalue weighted by Gasteiger charge is -2.25. The Morgan fingerprint density at radius 2 is 2.11 bits per heavy atom. The van der Waals surface area contributed by atoms with Crippen molar-refractivity contribution in [2.24, 2.45) is 0 Å². The molecule has 1 N–H and O–H groups in total. The van der Waals surface area contributed by atoms with Crippen LogP contribution in [0.25, 0.3) is 0 Å². The van der Waals surface area contributed by atoms with Crippen LogP contribution in [-0.4, -0.2) is 37.8 Å². The number of benzene rings is 1. The summed E-state index contributed by atoms with van der Waals surface area (Å²) in [6.07, 6.45) is 0.715. The van der Waals surface area contributed by atoms with Gasteiger partial charge in [0, 0.05) is 32.7 Å². The maximum absolute atomic E-state index is 13.9. The predicted molar refractivity (Wildman–Crippen MR) is 68.7 cm³/mol. The summed E-state index contributed by atoms with van der Waals surface area (Å²) >= 11 is 0. The Hall–Kier alpha value is -1.85. The molecule has 0 saturated heterocycles. The molecule has 19 heavy (non-hydrogen) atoms. The van der Waals surface area contributed by atoms with E-state index in [1.807, 2.05) is 0 Å². The summed E-state index contributed by atoms with van der Waals surface area (Å²) in [7, 11) is 1.75. The smallest absolute Gasteiger partial charge is 0.305 e. The molecule has 0 unspecified atom stereocenters. The van der Waals surface area contributed by atoms with Crippen molar-refractivity contribution >= 4 is 17.3 Å². The number of hydrogen-bond acceptors (Lipinski definition) is 3. The van der Waals surface area contributed by atoms with E-state index in [4.69, 9.17) is 5.11 Å². The van der Waals surface area contributed by atoms with E-state index >= 15 is 0 Å². The van der Waals surface area contributed by atoms with Crippen LogP contribution in [0.2, 0.25) is 0 Å². The lowest BCUT2D eigenvalue weighted by atomic mass is 10.2. The van der Waals surface area contributed by atoms with Crippen molar-refractivity contribution in [3.63, 3.8) is 0 Å². The van der Waals surface area contributed by atoms with Crippen LogP contribution in [-0.2, 0) is 4.79 Å². The van der Waals surface area contributed by atoms with Gasteiger partial charge in [-0.3, -0.25) is 4.79 Å². The normalized spacial score (nSPS) is 15.1. The van der Waals surface area contributed by atoms with Gasteiger partial charge in [-0.15, -0.1) is 0 Å². The number of anilines is 2. The second kappa shape index (κ2) is 5.42. The summed E-state index contributed by atoms with van der Waals surface area (Å²) in [4.78, 5) is 14.1. The second-order valence-corrected chi connectivity index (χ2v) is 4.66. The number of carboxylic acid groups (broad SMARTS) is 1. The maximum Gasteiger partial charge on any atom is 0.305 e. The van der Waals surface area contributed by atoms with Gasteiger partial charge in [0.15, 0.2) is 5.82 Å². The molecule has 1 heterocycles. The Kier molecular flexibility index (Phi) is 3.87. The van der Waals surface area contributed by atoms with Gasteiger partial charge < -0.3 is 14.9 Å². The van der Waals surface area contributed by atoms with Gasteiger partial charge in [0.2, 0.25) is 0 Å². The van der Waals surface area contributed by atoms with Crippen molar-refractivity contribution in [2.75, 3.05) is 36.5 Å². The minimum atomic E-state index is -0.920. The Morgan fingerprint density at radius 1 is 1.37 bits per heavy atom. The number of halogens is 2. The number of rotatable bonds is 3. The van der Waals surface area contributed by atoms with E-state index in [1.54, 1.807) is 16.8 Å². The highest BCUT2D eigenvalue weighted by atomic mass is 19.1. The fourth-order valence-corrected chi connectivity index (χ4v) is 2.37. The monoisotopic (exact) mass is 270 g/mol. The maximum atomic E-state index is 13.9. The third kappa shape index (κ3) is 2.94. The number of fused-ring (bicyclic) bond motifs is 1. The van der Waals surface area contributed by atoms with Crippen LogP contribution in [0.5, 0.6) is 0 Å². The lowest BCUT2D eigenvalue weighted by Crippen LogP contribution is -2.27. The summed E-state index contributed by atoms with van der Waals surface area (Å²) in [5.74, 6) is -2.18. The topological polar surface area (TPSA) is 43.8 Å². The van der Waals surface area contributed by atoms with Gasteiger partial charge >= 0.3 is 5.97 Å². The van der Waals surface area contributed by atoms with Gasteiger partial charge in [-0.1, -0.05) is 0 Å². The van der Waals surface area contributed by atoms with E-state index in [2.05, 4.69) is 0 Å². The highest BCUT2D eigenvalue weighted by Gasteiger charge is 2.23. The molecule has 0 saturated carbocycles. The molecule has 0 atom stereocenters. The molecule has 4 nitrogen and oxygen atoms in total. The predicted octanol–water partition coefficient (Wildman–Crippen LogP) is 2.09. The average molecular weight is 270 g/mol. The van der Waals surface area contributed by atoms with Gasteiger partial charge in [-0.05, 0) is 12.5 Å². The van der Waals surface area contributed by atoms with Gasteiger partial charge in [0.25, 0.3) is 0 Å². The molecule has 0 aromatic heterocycles. The van der Waals surface area contributed by atoms with Crippen LogP contribution in [0, 0.1) is 11.6 Å². The Bertz CT molecular complexity index is 494. The van der Waals surface area contributed by atoms with E-state index in [0.29, 0.717) is 24.5 Å². The zero-order valence-electron chi connectivity index (χ0n) is 10.7. The fourth-order valence-electron chi connectivity index (χ4n) is 2.37. The van der Waals surface area contributed by atoms with Gasteiger partial charge in [0.05, 0.1) is 17.8 Å². The first-order valence-corrected chi connectivity index (χ1v) is 6.16. The summed E-state index contributed by atoms with van der Waals surface area (Å²) in [5, 5.41) is 8.74. The largest absolute Gasteiger partial charge is 0.481 e. The molecule has 0 amide bonds. The molecule has 0 radical (unpaired) electrons. The minimum absolute atomic E-state index is 0.0543. The molecular formula is C13H16F2N2O2. The highest BCUT2D eigenvalue weighted by Crippen LogP contribution is 2.35. The molecule has 1 aromatic carbocycles. The van der Waals surface area contributed by atoms with Gasteiger partial charge in [-0.25, -0.2) is 8.78 Å². The minimum Gasteiger partial charge on any atom is -0.481 e. The summed E-state index contributed by atoms with van der Waals surface area (Å²) in [6.45, 7) is 1.49. The van der Waals surface area contributed by atoms with E-state index in [9.17, 15) is 13.6 Å². The van der Waals surface area contributed by atoms with E-state index in [-0.39, 0.29) is 13.0 Å². The van der Waals surface area contributed by atoms with Crippen molar-refractivity contribution in [1.82, 2.24) is 0 Å². The van der Waals surface area contributed by atoms with Crippen LogP contribution in [0.4, 0.5) is 20.2 Å². The number of carboxylic acids is 1. The quantitative estimate of drug-likeness (QED) is 0.913. The molecule has 1 aromatic rings.